The molecule has 1 saturated carbocycles. The molecule has 1 fully saturated rings. The molecule has 0 aliphatic heterocycles. The summed E-state index contributed by atoms with van der Waals surface area (Å²) in [6, 6.07) is 6.86. The molecule has 1 aromatic rings. The fourth-order valence-electron chi connectivity index (χ4n) is 2.51. The second kappa shape index (κ2) is 6.62. The minimum atomic E-state index is -0.998. The van der Waals surface area contributed by atoms with E-state index in [1.807, 2.05) is 24.3 Å². The van der Waals surface area contributed by atoms with Gasteiger partial charge in [0.1, 0.15) is 5.54 Å². The van der Waals surface area contributed by atoms with Crippen molar-refractivity contribution in [2.75, 3.05) is 7.11 Å². The van der Waals surface area contributed by atoms with E-state index in [1.165, 1.54) is 7.11 Å². The number of rotatable bonds is 6. The zero-order chi connectivity index (χ0) is 16.3. The first-order valence-electron chi connectivity index (χ1n) is 6.96. The standard InChI is InChI=1S/C16H19BrN2O3/c1-3-11-9-16(11,15(21)22-2)19-14(20)13(18)8-10-5-4-6-12(17)7-10/h3-7,11,13H,1,8-9,18H2,2H3,(H,19,20)/t11-,13+,16-/m1/s1. The monoisotopic (exact) mass is 366 g/mol. The summed E-state index contributed by atoms with van der Waals surface area (Å²) in [7, 11) is 1.30. The summed E-state index contributed by atoms with van der Waals surface area (Å²) in [4.78, 5) is 24.2. The minimum Gasteiger partial charge on any atom is -0.467 e. The minimum absolute atomic E-state index is 0.109. The van der Waals surface area contributed by atoms with Gasteiger partial charge in [0, 0.05) is 10.4 Å². The molecule has 0 radical (unpaired) electrons. The first-order valence-corrected chi connectivity index (χ1v) is 7.75. The average molecular weight is 367 g/mol. The van der Waals surface area contributed by atoms with Crippen molar-refractivity contribution in [2.24, 2.45) is 11.7 Å². The number of hydrogen-bond acceptors (Lipinski definition) is 4. The van der Waals surface area contributed by atoms with Crippen LogP contribution in [0.25, 0.3) is 0 Å². The van der Waals surface area contributed by atoms with Gasteiger partial charge in [-0.25, -0.2) is 4.79 Å². The summed E-state index contributed by atoms with van der Waals surface area (Å²) in [5.41, 5.74) is 5.90. The van der Waals surface area contributed by atoms with Gasteiger partial charge in [0.15, 0.2) is 0 Å². The summed E-state index contributed by atoms with van der Waals surface area (Å²) >= 11 is 3.38. The number of nitrogens with one attached hydrogen (secondary N) is 1. The highest BCUT2D eigenvalue weighted by atomic mass is 79.9. The number of carbonyl (C=O) groups is 2. The number of ether oxygens (including phenoxy) is 1. The quantitative estimate of drug-likeness (QED) is 0.591. The smallest absolute Gasteiger partial charge is 0.332 e. The first kappa shape index (κ1) is 16.7. The summed E-state index contributed by atoms with van der Waals surface area (Å²) in [6.45, 7) is 3.67. The Bertz CT molecular complexity index is 605. The molecule has 22 heavy (non-hydrogen) atoms. The van der Waals surface area contributed by atoms with Crippen LogP contribution < -0.4 is 11.1 Å². The van der Waals surface area contributed by atoms with Crippen LogP contribution in [0.4, 0.5) is 0 Å². The van der Waals surface area contributed by atoms with Gasteiger partial charge in [-0.15, -0.1) is 6.58 Å². The Kier molecular flexibility index (Phi) is 5.03. The molecule has 5 nitrogen and oxygen atoms in total. The molecule has 1 aliphatic carbocycles. The molecule has 2 rings (SSSR count). The van der Waals surface area contributed by atoms with Crippen LogP contribution in [-0.2, 0) is 20.7 Å². The van der Waals surface area contributed by atoms with Crippen LogP contribution in [0.1, 0.15) is 12.0 Å². The number of esters is 1. The molecule has 3 atom stereocenters. The highest BCUT2D eigenvalue weighted by Crippen LogP contribution is 2.45. The predicted molar refractivity (Wildman–Crippen MR) is 87.0 cm³/mol. The number of hydrogen-bond donors (Lipinski definition) is 2. The van der Waals surface area contributed by atoms with E-state index in [0.717, 1.165) is 10.0 Å². The Morgan fingerprint density at radius 2 is 2.36 bits per heavy atom. The molecule has 0 spiro atoms. The molecular formula is C16H19BrN2O3. The zero-order valence-corrected chi connectivity index (χ0v) is 13.9. The molecule has 6 heteroatoms. The van der Waals surface area contributed by atoms with E-state index in [4.69, 9.17) is 10.5 Å². The number of halogens is 1. The van der Waals surface area contributed by atoms with E-state index < -0.39 is 17.6 Å². The van der Waals surface area contributed by atoms with Gasteiger partial charge in [-0.2, -0.15) is 0 Å². The van der Waals surface area contributed by atoms with Crippen LogP contribution in [-0.4, -0.2) is 30.6 Å². The fraction of sp³-hybridized carbons (Fsp3) is 0.375. The lowest BCUT2D eigenvalue weighted by atomic mass is 10.1. The maximum Gasteiger partial charge on any atom is 0.332 e. The highest BCUT2D eigenvalue weighted by molar-refractivity contribution is 9.10. The van der Waals surface area contributed by atoms with E-state index in [9.17, 15) is 9.59 Å². The normalized spacial score (nSPS) is 24.2. The number of benzene rings is 1. The van der Waals surface area contributed by atoms with E-state index in [1.54, 1.807) is 6.08 Å². The second-order valence-corrected chi connectivity index (χ2v) is 6.35. The summed E-state index contributed by atoms with van der Waals surface area (Å²) in [5.74, 6) is -0.933. The van der Waals surface area contributed by atoms with Crippen molar-refractivity contribution in [2.45, 2.75) is 24.4 Å². The number of carbonyl (C=O) groups excluding carboxylic acids is 2. The third-order valence-corrected chi connectivity index (χ3v) is 4.37. The average Bonchev–Trinajstić information content (AvgIpc) is 3.20. The number of methoxy groups -OCH3 is 1. The molecule has 118 valence electrons. The Hall–Kier alpha value is -1.66. The fourth-order valence-corrected chi connectivity index (χ4v) is 2.95. The molecule has 3 N–H and O–H groups in total. The third-order valence-electron chi connectivity index (χ3n) is 3.88. The molecule has 0 bridgehead atoms. The molecule has 1 aliphatic rings. The van der Waals surface area contributed by atoms with Crippen molar-refractivity contribution in [3.8, 4) is 0 Å². The Labute approximate surface area is 138 Å². The van der Waals surface area contributed by atoms with Crippen LogP contribution in [0, 0.1) is 5.92 Å². The van der Waals surface area contributed by atoms with Crippen LogP contribution in [0.15, 0.2) is 41.4 Å². The number of nitrogens with two attached hydrogens (primary N) is 1. The Morgan fingerprint density at radius 1 is 1.64 bits per heavy atom. The van der Waals surface area contributed by atoms with Crippen LogP contribution >= 0.6 is 15.9 Å². The summed E-state index contributed by atoms with van der Waals surface area (Å²) < 4.78 is 5.70. The van der Waals surface area contributed by atoms with Crippen LogP contribution in [0.2, 0.25) is 0 Å². The lowest BCUT2D eigenvalue weighted by Crippen LogP contribution is -2.52. The van der Waals surface area contributed by atoms with Gasteiger partial charge in [0.05, 0.1) is 13.2 Å². The van der Waals surface area contributed by atoms with Crippen molar-refractivity contribution in [3.63, 3.8) is 0 Å². The maximum absolute atomic E-state index is 12.3. The highest BCUT2D eigenvalue weighted by Gasteiger charge is 2.61. The predicted octanol–water partition coefficient (Wildman–Crippen LogP) is 1.55. The molecule has 0 aromatic heterocycles. The van der Waals surface area contributed by atoms with E-state index in [0.29, 0.717) is 12.8 Å². The van der Waals surface area contributed by atoms with E-state index in [2.05, 4.69) is 27.8 Å². The second-order valence-electron chi connectivity index (χ2n) is 5.44. The maximum atomic E-state index is 12.3. The Morgan fingerprint density at radius 3 is 2.91 bits per heavy atom. The van der Waals surface area contributed by atoms with Gasteiger partial charge >= 0.3 is 5.97 Å². The summed E-state index contributed by atoms with van der Waals surface area (Å²) in [5, 5.41) is 2.73. The van der Waals surface area contributed by atoms with Crippen LogP contribution in [0.3, 0.4) is 0 Å². The number of amides is 1. The molecule has 1 aromatic carbocycles. The lowest BCUT2D eigenvalue weighted by molar-refractivity contribution is -0.147. The van der Waals surface area contributed by atoms with Gasteiger partial charge in [-0.05, 0) is 30.5 Å². The van der Waals surface area contributed by atoms with Crippen molar-refractivity contribution < 1.29 is 14.3 Å². The molecule has 0 saturated heterocycles. The molecular weight excluding hydrogens is 348 g/mol. The van der Waals surface area contributed by atoms with Gasteiger partial charge < -0.3 is 15.8 Å². The van der Waals surface area contributed by atoms with Crippen molar-refractivity contribution in [1.82, 2.24) is 5.32 Å². The van der Waals surface area contributed by atoms with Crippen LogP contribution in [0.5, 0.6) is 0 Å². The van der Waals surface area contributed by atoms with Gasteiger partial charge in [-0.1, -0.05) is 34.1 Å². The van der Waals surface area contributed by atoms with Crippen molar-refractivity contribution in [3.05, 3.63) is 47.0 Å². The Balaban J connectivity index is 2.02. The van der Waals surface area contributed by atoms with Crippen molar-refractivity contribution >= 4 is 27.8 Å². The topological polar surface area (TPSA) is 81.4 Å². The lowest BCUT2D eigenvalue weighted by Gasteiger charge is -2.19. The first-order chi connectivity index (χ1) is 10.4. The van der Waals surface area contributed by atoms with Gasteiger partial charge in [0.2, 0.25) is 5.91 Å². The molecule has 0 unspecified atom stereocenters. The van der Waals surface area contributed by atoms with Crippen molar-refractivity contribution in [1.29, 1.82) is 0 Å². The van der Waals surface area contributed by atoms with E-state index in [-0.39, 0.29) is 11.8 Å². The zero-order valence-electron chi connectivity index (χ0n) is 12.3. The van der Waals surface area contributed by atoms with Gasteiger partial charge in [-0.3, -0.25) is 4.79 Å². The third kappa shape index (κ3) is 3.39. The SMILES string of the molecule is C=C[C@@H]1C[C@]1(NC(=O)[C@@H](N)Cc1cccc(Br)c1)C(=O)OC. The molecule has 0 heterocycles. The summed E-state index contributed by atoms with van der Waals surface area (Å²) in [6.07, 6.45) is 2.54. The van der Waals surface area contributed by atoms with E-state index >= 15 is 0 Å². The molecule has 1 amide bonds. The largest absolute Gasteiger partial charge is 0.467 e. The van der Waals surface area contributed by atoms with Gasteiger partial charge in [0.25, 0.3) is 0 Å².